The van der Waals surface area contributed by atoms with Crippen LogP contribution >= 0.6 is 0 Å². The molecule has 2 aromatic rings. The van der Waals surface area contributed by atoms with Gasteiger partial charge in [-0.25, -0.2) is 8.42 Å². The van der Waals surface area contributed by atoms with Crippen molar-refractivity contribution in [3.05, 3.63) is 35.5 Å². The normalized spacial score (nSPS) is 13.3. The van der Waals surface area contributed by atoms with Crippen LogP contribution in [0.4, 0.5) is 0 Å². The van der Waals surface area contributed by atoms with E-state index in [0.717, 1.165) is 22.7 Å². The number of carbonyl (C=O) groups excluding carboxylic acids is 1. The molecule has 21 heavy (non-hydrogen) atoms. The van der Waals surface area contributed by atoms with Gasteiger partial charge >= 0.3 is 0 Å². The van der Waals surface area contributed by atoms with Crippen molar-refractivity contribution in [1.82, 2.24) is 10.3 Å². The quantitative estimate of drug-likeness (QED) is 0.880. The molecule has 6 heteroatoms. The molecule has 1 atom stereocenters. The van der Waals surface area contributed by atoms with Crippen LogP contribution in [0.5, 0.6) is 0 Å². The maximum Gasteiger partial charge on any atom is 0.238 e. The second kappa shape index (κ2) is 5.89. The fourth-order valence-electron chi connectivity index (χ4n) is 2.23. The average Bonchev–Trinajstić information content (AvgIpc) is 2.81. The van der Waals surface area contributed by atoms with Crippen molar-refractivity contribution < 1.29 is 13.2 Å². The minimum Gasteiger partial charge on any atom is -0.361 e. The third kappa shape index (κ3) is 3.44. The second-order valence-electron chi connectivity index (χ2n) is 5.32. The van der Waals surface area contributed by atoms with Crippen LogP contribution in [0.25, 0.3) is 10.9 Å². The fraction of sp³-hybridized carbons (Fsp3) is 0.400. The summed E-state index contributed by atoms with van der Waals surface area (Å²) in [7, 11) is -3.34. The van der Waals surface area contributed by atoms with Crippen LogP contribution in [0.2, 0.25) is 0 Å². The Kier molecular flexibility index (Phi) is 4.37. The van der Waals surface area contributed by atoms with Crippen LogP contribution in [0.15, 0.2) is 24.4 Å². The van der Waals surface area contributed by atoms with Gasteiger partial charge in [-0.15, -0.1) is 0 Å². The number of aromatic nitrogens is 1. The maximum absolute atomic E-state index is 11.7. The number of benzene rings is 1. The van der Waals surface area contributed by atoms with Gasteiger partial charge in [0.2, 0.25) is 5.91 Å². The van der Waals surface area contributed by atoms with Gasteiger partial charge in [0, 0.05) is 29.9 Å². The van der Waals surface area contributed by atoms with Crippen molar-refractivity contribution in [2.75, 3.05) is 12.8 Å². The van der Waals surface area contributed by atoms with E-state index < -0.39 is 21.0 Å². The number of H-pyrrole nitrogens is 1. The summed E-state index contributed by atoms with van der Waals surface area (Å²) in [5, 5.41) is 2.80. The first-order valence-electron chi connectivity index (χ1n) is 6.83. The zero-order chi connectivity index (χ0) is 15.6. The van der Waals surface area contributed by atoms with E-state index in [0.29, 0.717) is 13.0 Å². The molecule has 0 radical (unpaired) electrons. The highest BCUT2D eigenvalue weighted by molar-refractivity contribution is 7.92. The number of hydrogen-bond acceptors (Lipinski definition) is 3. The Balaban J connectivity index is 2.00. The van der Waals surface area contributed by atoms with Gasteiger partial charge in [0.1, 0.15) is 5.25 Å². The van der Waals surface area contributed by atoms with Crippen LogP contribution in [0, 0.1) is 6.92 Å². The Morgan fingerprint density at radius 3 is 2.76 bits per heavy atom. The van der Waals surface area contributed by atoms with Gasteiger partial charge in [0.05, 0.1) is 0 Å². The van der Waals surface area contributed by atoms with Gasteiger partial charge < -0.3 is 10.3 Å². The Morgan fingerprint density at radius 1 is 1.38 bits per heavy atom. The van der Waals surface area contributed by atoms with Crippen LogP contribution in [-0.2, 0) is 21.1 Å². The van der Waals surface area contributed by atoms with Gasteiger partial charge in [-0.3, -0.25) is 4.79 Å². The summed E-state index contributed by atoms with van der Waals surface area (Å²) in [6.45, 7) is 3.86. The van der Waals surface area contributed by atoms with Crippen LogP contribution < -0.4 is 5.32 Å². The van der Waals surface area contributed by atoms with E-state index in [1.165, 1.54) is 12.5 Å². The van der Waals surface area contributed by atoms with Gasteiger partial charge in [-0.05, 0) is 31.4 Å². The van der Waals surface area contributed by atoms with E-state index in [2.05, 4.69) is 10.3 Å². The first-order valence-corrected chi connectivity index (χ1v) is 8.78. The smallest absolute Gasteiger partial charge is 0.238 e. The van der Waals surface area contributed by atoms with Crippen molar-refractivity contribution >= 4 is 26.6 Å². The minimum atomic E-state index is -3.34. The predicted octanol–water partition coefficient (Wildman–Crippen LogP) is 1.57. The second-order valence-corrected chi connectivity index (χ2v) is 7.69. The number of rotatable bonds is 5. The van der Waals surface area contributed by atoms with Crippen molar-refractivity contribution in [1.29, 1.82) is 0 Å². The van der Waals surface area contributed by atoms with Gasteiger partial charge in [-0.1, -0.05) is 18.2 Å². The molecule has 1 aromatic carbocycles. The molecule has 1 unspecified atom stereocenters. The fourth-order valence-corrected chi connectivity index (χ4v) is 2.70. The predicted molar refractivity (Wildman–Crippen MR) is 84.1 cm³/mol. The molecular formula is C15H20N2O3S. The van der Waals surface area contributed by atoms with Gasteiger partial charge in [-0.2, -0.15) is 0 Å². The monoisotopic (exact) mass is 308 g/mol. The zero-order valence-corrected chi connectivity index (χ0v) is 13.3. The van der Waals surface area contributed by atoms with E-state index in [-0.39, 0.29) is 0 Å². The van der Waals surface area contributed by atoms with Gasteiger partial charge in [0.25, 0.3) is 0 Å². The number of aryl methyl sites for hydroxylation is 1. The number of fused-ring (bicyclic) bond motifs is 1. The molecule has 5 nitrogen and oxygen atoms in total. The summed E-state index contributed by atoms with van der Waals surface area (Å²) in [6.07, 6.45) is 3.66. The first kappa shape index (κ1) is 15.6. The highest BCUT2D eigenvalue weighted by Crippen LogP contribution is 2.21. The SMILES string of the molecule is Cc1cccc2c(CCNC(=O)C(C)S(C)(=O)=O)c[nH]c12. The Labute approximate surface area is 124 Å². The third-order valence-electron chi connectivity index (χ3n) is 3.71. The first-order chi connectivity index (χ1) is 9.80. The number of sulfone groups is 1. The summed E-state index contributed by atoms with van der Waals surface area (Å²) in [5.74, 6) is -0.450. The molecule has 2 rings (SSSR count). The maximum atomic E-state index is 11.7. The van der Waals surface area contributed by atoms with Crippen molar-refractivity contribution in [2.24, 2.45) is 0 Å². The molecule has 0 aliphatic heterocycles. The largest absolute Gasteiger partial charge is 0.361 e. The number of carbonyl (C=O) groups is 1. The highest BCUT2D eigenvalue weighted by atomic mass is 32.2. The molecule has 2 N–H and O–H groups in total. The molecular weight excluding hydrogens is 288 g/mol. The van der Waals surface area contributed by atoms with Gasteiger partial charge in [0.15, 0.2) is 9.84 Å². The third-order valence-corrected chi connectivity index (χ3v) is 5.21. The Bertz CT molecular complexity index is 762. The Hall–Kier alpha value is -1.82. The van der Waals surface area contributed by atoms with E-state index in [9.17, 15) is 13.2 Å². The minimum absolute atomic E-state index is 0.416. The van der Waals surface area contributed by atoms with Crippen molar-refractivity contribution in [3.8, 4) is 0 Å². The number of para-hydroxylation sites is 1. The van der Waals surface area contributed by atoms with E-state index in [4.69, 9.17) is 0 Å². The van der Waals surface area contributed by atoms with E-state index >= 15 is 0 Å². The molecule has 0 fully saturated rings. The summed E-state index contributed by atoms with van der Waals surface area (Å²) < 4.78 is 22.6. The molecule has 0 saturated heterocycles. The molecule has 0 saturated carbocycles. The number of amides is 1. The zero-order valence-electron chi connectivity index (χ0n) is 12.4. The van der Waals surface area contributed by atoms with E-state index in [1.54, 1.807) is 0 Å². The summed E-state index contributed by atoms with van der Waals surface area (Å²) in [6, 6.07) is 6.08. The lowest BCUT2D eigenvalue weighted by Crippen LogP contribution is -2.38. The van der Waals surface area contributed by atoms with Crippen LogP contribution in [-0.4, -0.2) is 37.4 Å². The summed E-state index contributed by atoms with van der Waals surface area (Å²) >= 11 is 0. The average molecular weight is 308 g/mol. The molecule has 0 aliphatic rings. The molecule has 0 aliphatic carbocycles. The molecule has 1 amide bonds. The van der Waals surface area contributed by atoms with Crippen LogP contribution in [0.3, 0.4) is 0 Å². The summed E-state index contributed by atoms with van der Waals surface area (Å²) in [5.41, 5.74) is 3.39. The lowest BCUT2D eigenvalue weighted by Gasteiger charge is -2.10. The number of aromatic amines is 1. The topological polar surface area (TPSA) is 79.0 Å². The standard InChI is InChI=1S/C15H20N2O3S/c1-10-5-4-6-13-12(9-17-14(10)13)7-8-16-15(18)11(2)21(3,19)20/h4-6,9,11,17H,7-8H2,1-3H3,(H,16,18). The number of hydrogen-bond donors (Lipinski definition) is 2. The molecule has 0 bridgehead atoms. The summed E-state index contributed by atoms with van der Waals surface area (Å²) in [4.78, 5) is 15.0. The lowest BCUT2D eigenvalue weighted by atomic mass is 10.1. The molecule has 114 valence electrons. The molecule has 0 spiro atoms. The molecule has 1 heterocycles. The van der Waals surface area contributed by atoms with E-state index in [1.807, 2.05) is 31.3 Å². The lowest BCUT2D eigenvalue weighted by molar-refractivity contribution is -0.120. The highest BCUT2D eigenvalue weighted by Gasteiger charge is 2.22. The Morgan fingerprint density at radius 2 is 2.10 bits per heavy atom. The van der Waals surface area contributed by atoms with Crippen LogP contribution in [0.1, 0.15) is 18.1 Å². The van der Waals surface area contributed by atoms with Crippen molar-refractivity contribution in [2.45, 2.75) is 25.5 Å². The molecule has 1 aromatic heterocycles. The van der Waals surface area contributed by atoms with Crippen molar-refractivity contribution in [3.63, 3.8) is 0 Å². The number of nitrogens with one attached hydrogen (secondary N) is 2.